The second-order valence-electron chi connectivity index (χ2n) is 4.58. The lowest BCUT2D eigenvalue weighted by molar-refractivity contribution is -0.136. The van der Waals surface area contributed by atoms with Crippen LogP contribution in [0.5, 0.6) is 0 Å². The van der Waals surface area contributed by atoms with E-state index in [1.165, 1.54) is 5.56 Å². The lowest BCUT2D eigenvalue weighted by Gasteiger charge is -1.98. The predicted molar refractivity (Wildman–Crippen MR) is 79.4 cm³/mol. The van der Waals surface area contributed by atoms with Crippen molar-refractivity contribution in [3.05, 3.63) is 71.3 Å². The second-order valence-corrected chi connectivity index (χ2v) is 4.58. The number of carboxylic acids is 1. The maximum absolute atomic E-state index is 10.6. The van der Waals surface area contributed by atoms with Crippen molar-refractivity contribution in [1.29, 1.82) is 0 Å². The molecule has 0 fully saturated rings. The van der Waals surface area contributed by atoms with Gasteiger partial charge in [0.2, 0.25) is 0 Å². The molecule has 0 spiro atoms. The molecule has 100 valence electrons. The smallest absolute Gasteiger partial charge is 0.307 e. The van der Waals surface area contributed by atoms with Gasteiger partial charge in [0.1, 0.15) is 0 Å². The molecule has 0 aromatic heterocycles. The van der Waals surface area contributed by atoms with Gasteiger partial charge < -0.3 is 5.11 Å². The summed E-state index contributed by atoms with van der Waals surface area (Å²) < 4.78 is 0. The number of aliphatic carboxylic acids is 1. The van der Waals surface area contributed by atoms with Gasteiger partial charge in [0, 0.05) is 12.8 Å². The van der Waals surface area contributed by atoms with E-state index in [9.17, 15) is 4.79 Å². The van der Waals surface area contributed by atoms with Crippen LogP contribution in [-0.2, 0) is 24.1 Å². The topological polar surface area (TPSA) is 37.3 Å². The molecular weight excluding hydrogens is 248 g/mol. The molecule has 2 heteroatoms. The molecule has 0 aliphatic carbocycles. The molecule has 0 saturated carbocycles. The van der Waals surface area contributed by atoms with Crippen LogP contribution in [0.2, 0.25) is 0 Å². The van der Waals surface area contributed by atoms with Gasteiger partial charge in [0.25, 0.3) is 0 Å². The molecule has 2 aromatic carbocycles. The SMILES string of the molecule is O=C(O)Cc1ccc(CC#CCc2ccccc2)cc1. The van der Waals surface area contributed by atoms with Crippen LogP contribution >= 0.6 is 0 Å². The minimum atomic E-state index is -0.805. The summed E-state index contributed by atoms with van der Waals surface area (Å²) in [4.78, 5) is 10.6. The van der Waals surface area contributed by atoms with E-state index in [-0.39, 0.29) is 6.42 Å². The average molecular weight is 264 g/mol. The van der Waals surface area contributed by atoms with Gasteiger partial charge in [-0.1, -0.05) is 66.4 Å². The van der Waals surface area contributed by atoms with Crippen LogP contribution in [0.1, 0.15) is 16.7 Å². The Labute approximate surface area is 119 Å². The van der Waals surface area contributed by atoms with Gasteiger partial charge in [-0.2, -0.15) is 0 Å². The Morgan fingerprint density at radius 1 is 0.800 bits per heavy atom. The maximum atomic E-state index is 10.6. The van der Waals surface area contributed by atoms with E-state index in [0.717, 1.165) is 17.5 Å². The Balaban J connectivity index is 1.87. The standard InChI is InChI=1S/C18H16O2/c19-18(20)14-17-12-10-16(11-13-17)9-5-4-8-15-6-2-1-3-7-15/h1-3,6-7,10-13H,8-9,14H2,(H,19,20). The number of carboxylic acid groups (broad SMARTS) is 1. The molecule has 0 amide bonds. The Morgan fingerprint density at radius 2 is 1.30 bits per heavy atom. The van der Waals surface area contributed by atoms with E-state index < -0.39 is 5.97 Å². The van der Waals surface area contributed by atoms with E-state index in [0.29, 0.717) is 6.42 Å². The summed E-state index contributed by atoms with van der Waals surface area (Å²) in [6.45, 7) is 0. The fourth-order valence-corrected chi connectivity index (χ4v) is 1.87. The molecule has 0 aliphatic rings. The average Bonchev–Trinajstić information content (AvgIpc) is 2.46. The Morgan fingerprint density at radius 3 is 1.85 bits per heavy atom. The lowest BCUT2D eigenvalue weighted by atomic mass is 10.1. The van der Waals surface area contributed by atoms with Crippen molar-refractivity contribution in [3.8, 4) is 11.8 Å². The first-order chi connectivity index (χ1) is 9.74. The molecule has 2 rings (SSSR count). The molecular formula is C18H16O2. The van der Waals surface area contributed by atoms with Crippen molar-refractivity contribution in [2.24, 2.45) is 0 Å². The van der Waals surface area contributed by atoms with Crippen LogP contribution in [0.25, 0.3) is 0 Å². The first-order valence-corrected chi connectivity index (χ1v) is 6.53. The fourth-order valence-electron chi connectivity index (χ4n) is 1.87. The summed E-state index contributed by atoms with van der Waals surface area (Å²) in [5.74, 6) is 5.49. The van der Waals surface area contributed by atoms with Gasteiger partial charge in [-0.15, -0.1) is 0 Å². The molecule has 2 aromatic rings. The summed E-state index contributed by atoms with van der Waals surface area (Å²) in [5, 5.41) is 8.70. The number of hydrogen-bond acceptors (Lipinski definition) is 1. The number of benzene rings is 2. The minimum Gasteiger partial charge on any atom is -0.481 e. The van der Waals surface area contributed by atoms with E-state index in [1.54, 1.807) is 0 Å². The lowest BCUT2D eigenvalue weighted by Crippen LogP contribution is -1.99. The minimum absolute atomic E-state index is 0.0694. The van der Waals surface area contributed by atoms with Gasteiger partial charge in [-0.3, -0.25) is 4.79 Å². The third-order valence-electron chi connectivity index (χ3n) is 2.93. The van der Waals surface area contributed by atoms with Gasteiger partial charge in [0.05, 0.1) is 6.42 Å². The number of hydrogen-bond donors (Lipinski definition) is 1. The van der Waals surface area contributed by atoms with Crippen LogP contribution < -0.4 is 0 Å². The molecule has 1 N–H and O–H groups in total. The van der Waals surface area contributed by atoms with E-state index in [1.807, 2.05) is 42.5 Å². The van der Waals surface area contributed by atoms with Gasteiger partial charge in [-0.25, -0.2) is 0 Å². The highest BCUT2D eigenvalue weighted by Gasteiger charge is 1.99. The van der Waals surface area contributed by atoms with Crippen LogP contribution in [0.15, 0.2) is 54.6 Å². The molecule has 0 bridgehead atoms. The highest BCUT2D eigenvalue weighted by Crippen LogP contribution is 2.06. The highest BCUT2D eigenvalue weighted by atomic mass is 16.4. The zero-order chi connectivity index (χ0) is 14.2. The van der Waals surface area contributed by atoms with E-state index >= 15 is 0 Å². The fraction of sp³-hybridized carbons (Fsp3) is 0.167. The van der Waals surface area contributed by atoms with Crippen molar-refractivity contribution in [2.75, 3.05) is 0 Å². The molecule has 0 radical (unpaired) electrons. The van der Waals surface area contributed by atoms with Gasteiger partial charge in [0.15, 0.2) is 0 Å². The summed E-state index contributed by atoms with van der Waals surface area (Å²) in [5.41, 5.74) is 3.15. The Bertz CT molecular complexity index is 616. The molecule has 2 nitrogen and oxygen atoms in total. The normalized spacial score (nSPS) is 9.60. The van der Waals surface area contributed by atoms with Crippen LogP contribution in [-0.4, -0.2) is 11.1 Å². The van der Waals surface area contributed by atoms with Crippen LogP contribution in [0.4, 0.5) is 0 Å². The summed E-state index contributed by atoms with van der Waals surface area (Å²) in [6, 6.07) is 17.7. The largest absolute Gasteiger partial charge is 0.481 e. The van der Waals surface area contributed by atoms with Crippen molar-refractivity contribution in [1.82, 2.24) is 0 Å². The molecule has 0 heterocycles. The van der Waals surface area contributed by atoms with E-state index in [2.05, 4.69) is 24.0 Å². The Hall–Kier alpha value is -2.53. The second kappa shape index (κ2) is 7.16. The van der Waals surface area contributed by atoms with Crippen molar-refractivity contribution < 1.29 is 9.90 Å². The van der Waals surface area contributed by atoms with Crippen molar-refractivity contribution in [3.63, 3.8) is 0 Å². The molecule has 0 aliphatic heterocycles. The van der Waals surface area contributed by atoms with Gasteiger partial charge >= 0.3 is 5.97 Å². The van der Waals surface area contributed by atoms with Crippen LogP contribution in [0, 0.1) is 11.8 Å². The zero-order valence-electron chi connectivity index (χ0n) is 11.2. The zero-order valence-corrected chi connectivity index (χ0v) is 11.2. The predicted octanol–water partition coefficient (Wildman–Crippen LogP) is 3.10. The monoisotopic (exact) mass is 264 g/mol. The molecule has 0 saturated heterocycles. The van der Waals surface area contributed by atoms with Gasteiger partial charge in [-0.05, 0) is 16.7 Å². The van der Waals surface area contributed by atoms with Crippen molar-refractivity contribution >= 4 is 5.97 Å². The number of carbonyl (C=O) groups is 1. The third kappa shape index (κ3) is 4.62. The first kappa shape index (κ1) is 13.9. The van der Waals surface area contributed by atoms with E-state index in [4.69, 9.17) is 5.11 Å². The third-order valence-corrected chi connectivity index (χ3v) is 2.93. The highest BCUT2D eigenvalue weighted by molar-refractivity contribution is 5.70. The molecule has 0 unspecified atom stereocenters. The molecule has 0 atom stereocenters. The maximum Gasteiger partial charge on any atom is 0.307 e. The first-order valence-electron chi connectivity index (χ1n) is 6.53. The molecule has 20 heavy (non-hydrogen) atoms. The van der Waals surface area contributed by atoms with Crippen molar-refractivity contribution in [2.45, 2.75) is 19.3 Å². The summed E-state index contributed by atoms with van der Waals surface area (Å²) in [7, 11) is 0. The number of rotatable bonds is 4. The summed E-state index contributed by atoms with van der Waals surface area (Å²) in [6.07, 6.45) is 1.53. The van der Waals surface area contributed by atoms with Crippen LogP contribution in [0.3, 0.4) is 0 Å². The Kier molecular flexibility index (Phi) is 4.97. The quantitative estimate of drug-likeness (QED) is 0.862. The summed E-state index contributed by atoms with van der Waals surface area (Å²) >= 11 is 0.